The molecule has 0 saturated carbocycles. The summed E-state index contributed by atoms with van der Waals surface area (Å²) >= 11 is 5.88. The van der Waals surface area contributed by atoms with Crippen molar-refractivity contribution < 1.29 is 44.5 Å². The van der Waals surface area contributed by atoms with Crippen molar-refractivity contribution in [3.8, 4) is 0 Å². The number of hydrogen-bond donors (Lipinski definition) is 1. The van der Waals surface area contributed by atoms with Gasteiger partial charge in [-0.3, -0.25) is 8.37 Å². The number of halogens is 1. The van der Waals surface area contributed by atoms with E-state index in [9.17, 15) is 21.9 Å². The largest absolute Gasteiger partial charge is 0.396 e. The number of methoxy groups -OCH3 is 1. The number of aliphatic hydroxyl groups excluding tert-OH is 1. The Kier molecular flexibility index (Phi) is 8.64. The van der Waals surface area contributed by atoms with Crippen molar-refractivity contribution in [1.29, 1.82) is 0 Å². The van der Waals surface area contributed by atoms with Gasteiger partial charge in [0.25, 0.3) is 20.2 Å². The molecule has 1 fully saturated rings. The van der Waals surface area contributed by atoms with Gasteiger partial charge in [-0.1, -0.05) is 23.7 Å². The molecule has 0 amide bonds. The maximum Gasteiger partial charge on any atom is 0.264 e. The summed E-state index contributed by atoms with van der Waals surface area (Å²) < 4.78 is 73.1. The van der Waals surface area contributed by atoms with E-state index in [1.165, 1.54) is 7.11 Å². The molecular formula is C17H25ClO10S2. The Morgan fingerprint density at radius 3 is 2.03 bits per heavy atom. The molecule has 2 rings (SSSR count). The van der Waals surface area contributed by atoms with Crippen LogP contribution in [0.5, 0.6) is 0 Å². The lowest BCUT2D eigenvalue weighted by Crippen LogP contribution is -2.52. The zero-order valence-electron chi connectivity index (χ0n) is 16.7. The van der Waals surface area contributed by atoms with Crippen molar-refractivity contribution in [3.05, 3.63) is 34.9 Å². The predicted molar refractivity (Wildman–Crippen MR) is 107 cm³/mol. The Hall–Kier alpha value is -0.830. The van der Waals surface area contributed by atoms with Crippen LogP contribution in [0.2, 0.25) is 5.02 Å². The molecule has 0 bridgehead atoms. The lowest BCUT2D eigenvalue weighted by molar-refractivity contribution is -0.194. The zero-order chi connectivity index (χ0) is 22.6. The summed E-state index contributed by atoms with van der Waals surface area (Å²) in [5.41, 5.74) is -0.953. The number of ether oxygens (including phenoxy) is 3. The third kappa shape index (κ3) is 7.11. The third-order valence-electron chi connectivity index (χ3n) is 4.43. The normalized spacial score (nSPS) is 24.2. The fraction of sp³-hybridized carbons (Fsp3) is 0.647. The van der Waals surface area contributed by atoms with Crippen LogP contribution in [-0.2, 0) is 49.4 Å². The summed E-state index contributed by atoms with van der Waals surface area (Å²) in [6.45, 7) is -1.62. The van der Waals surface area contributed by atoms with Crippen LogP contribution in [-0.4, -0.2) is 79.4 Å². The lowest BCUT2D eigenvalue weighted by Gasteiger charge is -2.33. The number of hydrogen-bond acceptors (Lipinski definition) is 10. The number of rotatable bonds is 11. The van der Waals surface area contributed by atoms with Crippen LogP contribution in [0.4, 0.5) is 0 Å². The van der Waals surface area contributed by atoms with Gasteiger partial charge >= 0.3 is 0 Å². The van der Waals surface area contributed by atoms with E-state index < -0.39 is 64.0 Å². The highest BCUT2D eigenvalue weighted by molar-refractivity contribution is 7.86. The van der Waals surface area contributed by atoms with Crippen molar-refractivity contribution in [3.63, 3.8) is 0 Å². The maximum atomic E-state index is 11.6. The first-order valence-corrected chi connectivity index (χ1v) is 12.8. The quantitative estimate of drug-likeness (QED) is 0.439. The number of benzene rings is 1. The summed E-state index contributed by atoms with van der Waals surface area (Å²) in [5.74, 6) is -0.770. The summed E-state index contributed by atoms with van der Waals surface area (Å²) in [5, 5.41) is 10.4. The molecule has 0 unspecified atom stereocenters. The average molecular weight is 489 g/mol. The second-order valence-corrected chi connectivity index (χ2v) is 10.6. The molecule has 10 nitrogen and oxygen atoms in total. The SMILES string of the molecule is CO[C@H]1OC(COS(C)(=O)=O)(COS(C)(=O)=O)[C@@H](OCc2ccc(Cl)cc2)[C@@H]1CO. The first-order chi connectivity index (χ1) is 13.9. The first-order valence-electron chi connectivity index (χ1n) is 8.75. The average Bonchev–Trinajstić information content (AvgIpc) is 2.96. The van der Waals surface area contributed by atoms with Gasteiger partial charge in [-0.2, -0.15) is 16.8 Å². The van der Waals surface area contributed by atoms with Crippen molar-refractivity contribution in [1.82, 2.24) is 0 Å². The van der Waals surface area contributed by atoms with E-state index in [0.717, 1.165) is 18.1 Å². The summed E-state index contributed by atoms with van der Waals surface area (Å²) in [4.78, 5) is 0. The summed E-state index contributed by atoms with van der Waals surface area (Å²) in [6, 6.07) is 6.78. The second kappa shape index (κ2) is 10.2. The molecule has 1 aliphatic rings. The van der Waals surface area contributed by atoms with Crippen LogP contribution in [0.15, 0.2) is 24.3 Å². The summed E-state index contributed by atoms with van der Waals surface area (Å²) in [6.07, 6.45) is -0.356. The third-order valence-corrected chi connectivity index (χ3v) is 5.77. The van der Waals surface area contributed by atoms with Gasteiger partial charge in [0.2, 0.25) is 0 Å². The van der Waals surface area contributed by atoms with Gasteiger partial charge in [-0.15, -0.1) is 0 Å². The molecule has 1 aromatic rings. The monoisotopic (exact) mass is 488 g/mol. The molecule has 0 aromatic heterocycles. The van der Waals surface area contributed by atoms with Crippen LogP contribution in [0, 0.1) is 5.92 Å². The molecular weight excluding hydrogens is 464 g/mol. The fourth-order valence-corrected chi connectivity index (χ4v) is 4.01. The van der Waals surface area contributed by atoms with Crippen molar-refractivity contribution in [2.45, 2.75) is 24.6 Å². The van der Waals surface area contributed by atoms with Crippen molar-refractivity contribution in [2.24, 2.45) is 5.92 Å². The van der Waals surface area contributed by atoms with Crippen molar-refractivity contribution >= 4 is 31.8 Å². The van der Waals surface area contributed by atoms with Gasteiger partial charge in [-0.05, 0) is 17.7 Å². The second-order valence-electron chi connectivity index (χ2n) is 6.92. The predicted octanol–water partition coefficient (Wildman–Crippen LogP) is 0.528. The van der Waals surface area contributed by atoms with Gasteiger partial charge < -0.3 is 19.3 Å². The smallest absolute Gasteiger partial charge is 0.264 e. The van der Waals surface area contributed by atoms with Gasteiger partial charge in [0, 0.05) is 12.1 Å². The first kappa shape index (κ1) is 25.4. The minimum atomic E-state index is -3.91. The number of aliphatic hydroxyl groups is 1. The van der Waals surface area contributed by atoms with Crippen LogP contribution >= 0.6 is 11.6 Å². The van der Waals surface area contributed by atoms with E-state index in [0.29, 0.717) is 5.02 Å². The van der Waals surface area contributed by atoms with E-state index in [1.807, 2.05) is 0 Å². The maximum absolute atomic E-state index is 11.6. The highest BCUT2D eigenvalue weighted by Crippen LogP contribution is 2.40. The Labute approximate surface area is 181 Å². The molecule has 172 valence electrons. The van der Waals surface area contributed by atoms with E-state index >= 15 is 0 Å². The molecule has 1 saturated heterocycles. The Morgan fingerprint density at radius 1 is 1.07 bits per heavy atom. The zero-order valence-corrected chi connectivity index (χ0v) is 19.1. The van der Waals surface area contributed by atoms with E-state index in [2.05, 4.69) is 0 Å². The van der Waals surface area contributed by atoms with Crippen LogP contribution in [0.3, 0.4) is 0 Å². The lowest BCUT2D eigenvalue weighted by atomic mass is 9.91. The standard InChI is InChI=1S/C17H25ClO10S2/c1-24-16-14(8-19)15(25-9-12-4-6-13(18)7-5-12)17(28-16,10-26-29(2,20)21)11-27-30(3,22)23/h4-7,14-16,19H,8-11H2,1-3H3/t14-,15-,16-/m0/s1. The molecule has 0 aliphatic carbocycles. The minimum absolute atomic E-state index is 0.0393. The minimum Gasteiger partial charge on any atom is -0.396 e. The molecule has 1 N–H and O–H groups in total. The molecule has 0 spiro atoms. The van der Waals surface area contributed by atoms with Crippen LogP contribution < -0.4 is 0 Å². The Balaban J connectivity index is 2.36. The molecule has 30 heavy (non-hydrogen) atoms. The fourth-order valence-electron chi connectivity index (χ4n) is 3.05. The van der Waals surface area contributed by atoms with Gasteiger partial charge in [0.1, 0.15) is 24.9 Å². The van der Waals surface area contributed by atoms with E-state index in [1.54, 1.807) is 24.3 Å². The van der Waals surface area contributed by atoms with Gasteiger partial charge in [-0.25, -0.2) is 0 Å². The summed E-state index contributed by atoms with van der Waals surface area (Å²) in [7, 11) is -6.48. The van der Waals surface area contributed by atoms with E-state index in [-0.39, 0.29) is 6.61 Å². The van der Waals surface area contributed by atoms with Gasteiger partial charge in [0.05, 0.1) is 31.6 Å². The Morgan fingerprint density at radius 2 is 1.60 bits per heavy atom. The molecule has 1 aromatic carbocycles. The van der Waals surface area contributed by atoms with E-state index in [4.69, 9.17) is 34.2 Å². The highest BCUT2D eigenvalue weighted by atomic mass is 35.5. The Bertz CT molecular complexity index is 865. The molecule has 3 atom stereocenters. The highest BCUT2D eigenvalue weighted by Gasteiger charge is 2.57. The van der Waals surface area contributed by atoms with Crippen LogP contribution in [0.25, 0.3) is 0 Å². The van der Waals surface area contributed by atoms with Gasteiger partial charge in [0.15, 0.2) is 6.29 Å². The van der Waals surface area contributed by atoms with Crippen molar-refractivity contribution in [2.75, 3.05) is 39.4 Å². The molecule has 13 heteroatoms. The molecule has 1 aliphatic heterocycles. The molecule has 0 radical (unpaired) electrons. The van der Waals surface area contributed by atoms with Crippen LogP contribution in [0.1, 0.15) is 5.56 Å². The molecule has 1 heterocycles. The topological polar surface area (TPSA) is 135 Å².